The summed E-state index contributed by atoms with van der Waals surface area (Å²) in [7, 11) is 0. The number of aromatic carboxylic acids is 1. The van der Waals surface area contributed by atoms with Gasteiger partial charge >= 0.3 is 11.9 Å². The van der Waals surface area contributed by atoms with Crippen LogP contribution in [0, 0.1) is 0 Å². The molecule has 1 aliphatic heterocycles. The summed E-state index contributed by atoms with van der Waals surface area (Å²) in [6.07, 6.45) is 0. The molecule has 1 aliphatic rings. The maximum Gasteiger partial charge on any atom is 0.345 e. The fourth-order valence-corrected chi connectivity index (χ4v) is 2.02. The van der Waals surface area contributed by atoms with Gasteiger partial charge in [0.25, 0.3) is 0 Å². The van der Waals surface area contributed by atoms with Crippen LogP contribution < -0.4 is 4.74 Å². The Morgan fingerprint density at radius 3 is 2.59 bits per heavy atom. The van der Waals surface area contributed by atoms with Crippen LogP contribution >= 0.6 is 15.9 Å². The number of rotatable bonds is 1. The SMILES string of the molecule is CC1(C)OC(=O)c2cc(Br)cc(C(=O)O)c2O1. The maximum atomic E-state index is 11.7. The number of carbonyl (C=O) groups excluding carboxylic acids is 1. The molecule has 0 fully saturated rings. The van der Waals surface area contributed by atoms with Gasteiger partial charge in [-0.2, -0.15) is 0 Å². The molecule has 0 atom stereocenters. The molecule has 1 aromatic carbocycles. The number of ether oxygens (including phenoxy) is 2. The number of esters is 1. The van der Waals surface area contributed by atoms with Crippen LogP contribution in [0.3, 0.4) is 0 Å². The fraction of sp³-hybridized carbons (Fsp3) is 0.273. The van der Waals surface area contributed by atoms with Gasteiger partial charge < -0.3 is 14.6 Å². The number of hydrogen-bond donors (Lipinski definition) is 1. The van der Waals surface area contributed by atoms with Gasteiger partial charge in [-0.15, -0.1) is 0 Å². The van der Waals surface area contributed by atoms with Gasteiger partial charge in [0, 0.05) is 18.3 Å². The average Bonchev–Trinajstić information content (AvgIpc) is 2.17. The minimum atomic E-state index is -1.16. The van der Waals surface area contributed by atoms with Gasteiger partial charge in [0.05, 0.1) is 0 Å². The lowest BCUT2D eigenvalue weighted by Gasteiger charge is -2.32. The predicted octanol–water partition coefficient (Wildman–Crippen LogP) is 2.43. The minimum Gasteiger partial charge on any atom is -0.478 e. The topological polar surface area (TPSA) is 72.8 Å². The first-order chi connectivity index (χ1) is 7.80. The first-order valence-electron chi connectivity index (χ1n) is 4.79. The molecule has 90 valence electrons. The molecule has 0 saturated carbocycles. The van der Waals surface area contributed by atoms with Crippen molar-refractivity contribution < 1.29 is 24.2 Å². The van der Waals surface area contributed by atoms with Gasteiger partial charge in [0.15, 0.2) is 5.75 Å². The molecule has 0 spiro atoms. The number of carboxylic acid groups (broad SMARTS) is 1. The van der Waals surface area contributed by atoms with E-state index in [0.717, 1.165) is 0 Å². The number of carbonyl (C=O) groups is 2. The van der Waals surface area contributed by atoms with Crippen molar-refractivity contribution in [2.75, 3.05) is 0 Å². The quantitative estimate of drug-likeness (QED) is 0.806. The highest BCUT2D eigenvalue weighted by atomic mass is 79.9. The lowest BCUT2D eigenvalue weighted by Crippen LogP contribution is -2.39. The van der Waals surface area contributed by atoms with Crippen molar-refractivity contribution >= 4 is 27.9 Å². The normalized spacial score (nSPS) is 16.8. The molecule has 0 aromatic heterocycles. The molecule has 17 heavy (non-hydrogen) atoms. The first kappa shape index (κ1) is 11.9. The monoisotopic (exact) mass is 300 g/mol. The van der Waals surface area contributed by atoms with Crippen LogP contribution in [0.25, 0.3) is 0 Å². The van der Waals surface area contributed by atoms with E-state index in [1.54, 1.807) is 13.8 Å². The molecule has 0 amide bonds. The minimum absolute atomic E-state index is 0.0435. The molecule has 0 unspecified atom stereocenters. The van der Waals surface area contributed by atoms with E-state index in [-0.39, 0.29) is 16.9 Å². The molecular formula is C11H9BrO5. The summed E-state index contributed by atoms with van der Waals surface area (Å²) in [5.74, 6) is -2.88. The Bertz CT molecular complexity index is 504. The summed E-state index contributed by atoms with van der Waals surface area (Å²) >= 11 is 3.14. The Labute approximate surface area is 105 Å². The number of fused-ring (bicyclic) bond motifs is 1. The highest BCUT2D eigenvalue weighted by Gasteiger charge is 2.36. The van der Waals surface area contributed by atoms with Gasteiger partial charge in [-0.05, 0) is 12.1 Å². The lowest BCUT2D eigenvalue weighted by molar-refractivity contribution is -0.127. The van der Waals surface area contributed by atoms with E-state index in [9.17, 15) is 9.59 Å². The van der Waals surface area contributed by atoms with E-state index in [4.69, 9.17) is 14.6 Å². The second kappa shape index (κ2) is 3.73. The summed E-state index contributed by atoms with van der Waals surface area (Å²) in [5.41, 5.74) is 0.0372. The highest BCUT2D eigenvalue weighted by Crippen LogP contribution is 2.36. The van der Waals surface area contributed by atoms with E-state index in [1.807, 2.05) is 0 Å². The third kappa shape index (κ3) is 2.12. The average molecular weight is 301 g/mol. The van der Waals surface area contributed by atoms with Crippen LogP contribution in [0.2, 0.25) is 0 Å². The largest absolute Gasteiger partial charge is 0.478 e. The second-order valence-corrected chi connectivity index (χ2v) is 4.94. The second-order valence-electron chi connectivity index (χ2n) is 4.03. The number of cyclic esters (lactones) is 1. The summed E-state index contributed by atoms with van der Waals surface area (Å²) in [5, 5.41) is 9.07. The van der Waals surface area contributed by atoms with Crippen LogP contribution in [0.15, 0.2) is 16.6 Å². The molecule has 2 rings (SSSR count). The number of carboxylic acids is 1. The van der Waals surface area contributed by atoms with Crippen LogP contribution in [0.4, 0.5) is 0 Å². The smallest absolute Gasteiger partial charge is 0.345 e. The molecular weight excluding hydrogens is 292 g/mol. The van der Waals surface area contributed by atoms with Gasteiger partial charge in [0.2, 0.25) is 5.79 Å². The van der Waals surface area contributed by atoms with E-state index in [2.05, 4.69) is 15.9 Å². The van der Waals surface area contributed by atoms with E-state index in [1.165, 1.54) is 12.1 Å². The van der Waals surface area contributed by atoms with Gasteiger partial charge in [-0.25, -0.2) is 9.59 Å². The van der Waals surface area contributed by atoms with E-state index < -0.39 is 17.7 Å². The highest BCUT2D eigenvalue weighted by molar-refractivity contribution is 9.10. The Morgan fingerprint density at radius 1 is 1.35 bits per heavy atom. The molecule has 0 bridgehead atoms. The summed E-state index contributed by atoms with van der Waals surface area (Å²) in [4.78, 5) is 22.8. The van der Waals surface area contributed by atoms with Crippen molar-refractivity contribution in [1.82, 2.24) is 0 Å². The summed E-state index contributed by atoms with van der Waals surface area (Å²) < 4.78 is 10.9. The van der Waals surface area contributed by atoms with Crippen molar-refractivity contribution in [3.63, 3.8) is 0 Å². The molecule has 0 saturated heterocycles. The maximum absolute atomic E-state index is 11.7. The third-order valence-corrected chi connectivity index (χ3v) is 2.65. The summed E-state index contributed by atoms with van der Waals surface area (Å²) in [6.45, 7) is 3.09. The third-order valence-electron chi connectivity index (χ3n) is 2.19. The molecule has 1 N–H and O–H groups in total. The van der Waals surface area contributed by atoms with Crippen LogP contribution in [0.5, 0.6) is 5.75 Å². The van der Waals surface area contributed by atoms with Crippen molar-refractivity contribution in [2.45, 2.75) is 19.6 Å². The molecule has 6 heteroatoms. The zero-order valence-electron chi connectivity index (χ0n) is 9.11. The van der Waals surface area contributed by atoms with E-state index >= 15 is 0 Å². The van der Waals surface area contributed by atoms with Crippen LogP contribution in [0.1, 0.15) is 34.6 Å². The fourth-order valence-electron chi connectivity index (χ4n) is 1.56. The van der Waals surface area contributed by atoms with Crippen molar-refractivity contribution in [1.29, 1.82) is 0 Å². The number of hydrogen-bond acceptors (Lipinski definition) is 4. The van der Waals surface area contributed by atoms with E-state index in [0.29, 0.717) is 4.47 Å². The Hall–Kier alpha value is -1.56. The summed E-state index contributed by atoms with van der Waals surface area (Å²) in [6, 6.07) is 2.86. The van der Waals surface area contributed by atoms with Crippen LogP contribution in [-0.4, -0.2) is 22.8 Å². The first-order valence-corrected chi connectivity index (χ1v) is 5.59. The van der Waals surface area contributed by atoms with Gasteiger partial charge in [-0.3, -0.25) is 0 Å². The zero-order valence-corrected chi connectivity index (χ0v) is 10.7. The van der Waals surface area contributed by atoms with Crippen molar-refractivity contribution in [3.05, 3.63) is 27.7 Å². The molecule has 1 aromatic rings. The molecule has 1 heterocycles. The Morgan fingerprint density at radius 2 is 2.00 bits per heavy atom. The van der Waals surface area contributed by atoms with Crippen molar-refractivity contribution in [2.24, 2.45) is 0 Å². The molecule has 5 nitrogen and oxygen atoms in total. The molecule has 0 aliphatic carbocycles. The van der Waals surface area contributed by atoms with Gasteiger partial charge in [0.1, 0.15) is 11.1 Å². The van der Waals surface area contributed by atoms with Crippen molar-refractivity contribution in [3.8, 4) is 5.75 Å². The van der Waals surface area contributed by atoms with Gasteiger partial charge in [-0.1, -0.05) is 15.9 Å². The number of benzene rings is 1. The van der Waals surface area contributed by atoms with Crippen LogP contribution in [-0.2, 0) is 4.74 Å². The lowest BCUT2D eigenvalue weighted by atomic mass is 10.1. The predicted molar refractivity (Wildman–Crippen MR) is 61.2 cm³/mol. The zero-order chi connectivity index (χ0) is 12.8. The standard InChI is InChI=1S/C11H9BrO5/c1-11(2)16-8-6(9(13)14)3-5(12)4-7(8)10(15)17-11/h3-4H,1-2H3,(H,13,14). The Kier molecular flexibility index (Phi) is 2.61. The Balaban J connectivity index is 2.67. The molecule has 0 radical (unpaired) electrons. The number of halogens is 1.